The number of hydrogen-bond donors (Lipinski definition) is 5. The predicted octanol–water partition coefficient (Wildman–Crippen LogP) is 0.417. The Bertz CT molecular complexity index is 230. The summed E-state index contributed by atoms with van der Waals surface area (Å²) in [5, 5.41) is 14.5. The van der Waals surface area contributed by atoms with E-state index in [1.54, 1.807) is 12.3 Å². The lowest BCUT2D eigenvalue weighted by molar-refractivity contribution is 1.35. The van der Waals surface area contributed by atoms with Crippen LogP contribution in [0.25, 0.3) is 0 Å². The van der Waals surface area contributed by atoms with Gasteiger partial charge in [0.15, 0.2) is 0 Å². The standard InChI is InChI=1S/C5H9BN3.C3H6N2.CH3N.H2/c1-2-8-6-9-5-3-4-7;4-2-1-3-5;1-2;/h2-5,8H,1,7H2;1-4H,5H2;2H,1H2;1H/b4-3-,9-5+;3-1-,4-2?;;. The van der Waals surface area contributed by atoms with Gasteiger partial charge in [0, 0.05) is 13.9 Å². The number of allylic oxidation sites excluding steroid dienone is 2. The molecule has 0 fully saturated rings. The maximum atomic E-state index is 6.31. The van der Waals surface area contributed by atoms with Gasteiger partial charge in [-0.25, -0.2) is 0 Å². The van der Waals surface area contributed by atoms with Gasteiger partial charge in [0.25, 0.3) is 0 Å². The summed E-state index contributed by atoms with van der Waals surface area (Å²) < 4.78 is 0. The summed E-state index contributed by atoms with van der Waals surface area (Å²) in [5.41, 5.74) is 9.82. The van der Waals surface area contributed by atoms with Crippen LogP contribution in [0.5, 0.6) is 0 Å². The van der Waals surface area contributed by atoms with Crippen molar-refractivity contribution in [2.45, 2.75) is 0 Å². The number of nitrogens with two attached hydrogens (primary N) is 2. The lowest BCUT2D eigenvalue weighted by Gasteiger charge is -1.84. The number of nitrogens with zero attached hydrogens (tertiary/aromatic N) is 1. The fraction of sp³-hybridized carbons (Fsp3) is 0. The Labute approximate surface area is 98.6 Å². The van der Waals surface area contributed by atoms with Crippen LogP contribution >= 0.6 is 0 Å². The minimum Gasteiger partial charge on any atom is -0.417 e. The van der Waals surface area contributed by atoms with Crippen molar-refractivity contribution >= 4 is 26.7 Å². The molecule has 0 heterocycles. The summed E-state index contributed by atoms with van der Waals surface area (Å²) in [7, 11) is 1.51. The molecule has 0 aliphatic rings. The molecular weight excluding hydrogens is 203 g/mol. The average Bonchev–Trinajstić information content (AvgIpc) is 2.33. The molecular formula is C9H20BN6. The normalized spacial score (nSPS) is 8.75. The van der Waals surface area contributed by atoms with Crippen molar-refractivity contribution in [3.05, 3.63) is 37.3 Å². The third-order valence-electron chi connectivity index (χ3n) is 0.758. The molecule has 0 unspecified atom stereocenters. The van der Waals surface area contributed by atoms with Crippen LogP contribution in [0.2, 0.25) is 0 Å². The average molecular weight is 223 g/mol. The molecule has 89 valence electrons. The second-order valence-corrected chi connectivity index (χ2v) is 1.73. The SMILES string of the molecule is C=CN[B]/N=C/C=C\N.C=N.N=C/C=C\N.[HH]. The topological polar surface area (TPSA) is 124 Å². The number of hydrogen-bond acceptors (Lipinski definition) is 6. The van der Waals surface area contributed by atoms with Crippen molar-refractivity contribution in [2.24, 2.45) is 16.4 Å². The third-order valence-corrected chi connectivity index (χ3v) is 0.758. The first-order valence-corrected chi connectivity index (χ1v) is 4.14. The number of rotatable bonds is 5. The van der Waals surface area contributed by atoms with E-state index in [1.165, 1.54) is 32.2 Å². The van der Waals surface area contributed by atoms with Gasteiger partial charge in [-0.1, -0.05) is 6.58 Å². The monoisotopic (exact) mass is 223 g/mol. The summed E-state index contributed by atoms with van der Waals surface area (Å²) in [6, 6.07) is 0. The summed E-state index contributed by atoms with van der Waals surface area (Å²) in [6.07, 6.45) is 10.0. The van der Waals surface area contributed by atoms with Crippen molar-refractivity contribution < 1.29 is 1.43 Å². The van der Waals surface area contributed by atoms with E-state index >= 15 is 0 Å². The molecule has 16 heavy (non-hydrogen) atoms. The molecule has 7 heteroatoms. The molecule has 0 aromatic rings. The molecule has 7 N–H and O–H groups in total. The first kappa shape index (κ1) is 19.3. The Morgan fingerprint density at radius 3 is 2.12 bits per heavy atom. The first-order chi connectivity index (χ1) is 7.83. The van der Waals surface area contributed by atoms with Gasteiger partial charge in [0.1, 0.15) is 0 Å². The fourth-order valence-corrected chi connectivity index (χ4v) is 0.294. The van der Waals surface area contributed by atoms with E-state index in [9.17, 15) is 0 Å². The van der Waals surface area contributed by atoms with E-state index in [0.717, 1.165) is 6.21 Å². The van der Waals surface area contributed by atoms with Gasteiger partial charge in [0.05, 0.1) is 0 Å². The van der Waals surface area contributed by atoms with E-state index in [4.69, 9.17) is 22.3 Å². The predicted molar refractivity (Wildman–Crippen MR) is 75.0 cm³/mol. The van der Waals surface area contributed by atoms with Gasteiger partial charge in [-0.05, 0) is 37.5 Å². The highest BCUT2D eigenvalue weighted by Crippen LogP contribution is 1.60. The molecule has 0 spiro atoms. The molecule has 0 aromatic heterocycles. The van der Waals surface area contributed by atoms with E-state index in [-0.39, 0.29) is 1.43 Å². The van der Waals surface area contributed by atoms with Crippen LogP contribution in [0.1, 0.15) is 1.43 Å². The maximum Gasteiger partial charge on any atom is 0.408 e. The minimum absolute atomic E-state index is 0. The first-order valence-electron chi connectivity index (χ1n) is 4.14. The smallest absolute Gasteiger partial charge is 0.408 e. The Morgan fingerprint density at radius 2 is 1.81 bits per heavy atom. The van der Waals surface area contributed by atoms with Gasteiger partial charge in [-0.2, -0.15) is 0 Å². The number of nitrogens with one attached hydrogen (secondary N) is 3. The van der Waals surface area contributed by atoms with Gasteiger partial charge in [0.2, 0.25) is 0 Å². The third kappa shape index (κ3) is 41.2. The van der Waals surface area contributed by atoms with E-state index < -0.39 is 0 Å². The Hall–Kier alpha value is -2.31. The molecule has 6 nitrogen and oxygen atoms in total. The van der Waals surface area contributed by atoms with Crippen molar-refractivity contribution in [3.8, 4) is 0 Å². The molecule has 1 radical (unpaired) electrons. The molecule has 0 aliphatic carbocycles. The van der Waals surface area contributed by atoms with Crippen LogP contribution in [0.3, 0.4) is 0 Å². The highest BCUT2D eigenvalue weighted by Gasteiger charge is 1.74. The van der Waals surface area contributed by atoms with Crippen LogP contribution in [0.15, 0.2) is 42.2 Å². The largest absolute Gasteiger partial charge is 0.417 e. The zero-order valence-electron chi connectivity index (χ0n) is 9.13. The highest BCUT2D eigenvalue weighted by molar-refractivity contribution is 6.32. The van der Waals surface area contributed by atoms with Crippen molar-refractivity contribution in [1.82, 2.24) is 5.23 Å². The van der Waals surface area contributed by atoms with Gasteiger partial charge in [-0.15, -0.1) is 0 Å². The van der Waals surface area contributed by atoms with Crippen LogP contribution < -0.4 is 16.7 Å². The van der Waals surface area contributed by atoms with Gasteiger partial charge < -0.3 is 32.4 Å². The van der Waals surface area contributed by atoms with E-state index in [0.29, 0.717) is 0 Å². The molecule has 0 saturated heterocycles. The molecule has 0 amide bonds. The Kier molecular flexibility index (Phi) is 35.4. The molecule has 0 aromatic carbocycles. The van der Waals surface area contributed by atoms with Crippen molar-refractivity contribution in [3.63, 3.8) is 0 Å². The van der Waals surface area contributed by atoms with Crippen LogP contribution in [0, 0.1) is 10.8 Å². The van der Waals surface area contributed by atoms with Crippen LogP contribution in [-0.2, 0) is 0 Å². The fourth-order valence-electron chi connectivity index (χ4n) is 0.294. The van der Waals surface area contributed by atoms with E-state index in [1.807, 2.05) is 0 Å². The van der Waals surface area contributed by atoms with E-state index in [2.05, 4.69) is 23.4 Å². The van der Waals surface area contributed by atoms with Crippen molar-refractivity contribution in [1.29, 1.82) is 10.8 Å². The second kappa shape index (κ2) is 29.3. The molecule has 0 atom stereocenters. The minimum atomic E-state index is 0. The summed E-state index contributed by atoms with van der Waals surface area (Å²) in [6.45, 7) is 5.92. The molecule has 0 aliphatic heterocycles. The molecule has 0 bridgehead atoms. The zero-order chi connectivity index (χ0) is 13.1. The van der Waals surface area contributed by atoms with Gasteiger partial charge >= 0.3 is 7.55 Å². The quantitative estimate of drug-likeness (QED) is 0.263. The summed E-state index contributed by atoms with van der Waals surface area (Å²) in [5.74, 6) is 0. The lowest BCUT2D eigenvalue weighted by atomic mass is 10.2. The summed E-state index contributed by atoms with van der Waals surface area (Å²) in [4.78, 5) is 3.75. The molecule has 0 saturated carbocycles. The maximum absolute atomic E-state index is 6.31. The highest BCUT2D eigenvalue weighted by atomic mass is 14.8. The van der Waals surface area contributed by atoms with Gasteiger partial charge in [-0.3, -0.25) is 0 Å². The molecule has 0 rings (SSSR count). The van der Waals surface area contributed by atoms with Crippen LogP contribution in [-0.4, -0.2) is 26.7 Å². The van der Waals surface area contributed by atoms with Crippen molar-refractivity contribution in [2.75, 3.05) is 0 Å². The Morgan fingerprint density at radius 1 is 1.25 bits per heavy atom. The lowest BCUT2D eigenvalue weighted by Crippen LogP contribution is -2.07. The zero-order valence-corrected chi connectivity index (χ0v) is 9.13. The summed E-state index contributed by atoms with van der Waals surface area (Å²) >= 11 is 0. The van der Waals surface area contributed by atoms with Crippen LogP contribution in [0.4, 0.5) is 0 Å². The Balaban J connectivity index is -0.0000000910. The second-order valence-electron chi connectivity index (χ2n) is 1.73.